The van der Waals surface area contributed by atoms with Crippen molar-refractivity contribution in [1.82, 2.24) is 0 Å². The summed E-state index contributed by atoms with van der Waals surface area (Å²) in [4.78, 5) is 27.8. The van der Waals surface area contributed by atoms with E-state index in [-0.39, 0.29) is 22.6 Å². The number of phenolic OH excluding ortho intramolecular Hbond substituents is 1. The lowest BCUT2D eigenvalue weighted by molar-refractivity contribution is -0.132. The molecule has 1 unspecified atom stereocenters. The number of ether oxygens (including phenoxy) is 3. The number of hydrogen-bond donors (Lipinski definition) is 2. The molecular formula is C26H23NO7. The number of ketones is 1. The minimum atomic E-state index is -1.01. The highest BCUT2D eigenvalue weighted by molar-refractivity contribution is 6.51. The number of amides is 1. The molecule has 8 nitrogen and oxygen atoms in total. The van der Waals surface area contributed by atoms with Crippen LogP contribution in [0.3, 0.4) is 0 Å². The Kier molecular flexibility index (Phi) is 6.14. The Labute approximate surface area is 196 Å². The van der Waals surface area contributed by atoms with Crippen molar-refractivity contribution >= 4 is 23.1 Å². The number of rotatable bonds is 6. The topological polar surface area (TPSA) is 106 Å². The minimum Gasteiger partial charge on any atom is -0.508 e. The fourth-order valence-electron chi connectivity index (χ4n) is 4.01. The van der Waals surface area contributed by atoms with Gasteiger partial charge >= 0.3 is 0 Å². The van der Waals surface area contributed by atoms with Crippen LogP contribution in [0.5, 0.6) is 23.0 Å². The van der Waals surface area contributed by atoms with E-state index in [0.717, 1.165) is 0 Å². The van der Waals surface area contributed by atoms with E-state index in [9.17, 15) is 19.8 Å². The van der Waals surface area contributed by atoms with Crippen LogP contribution >= 0.6 is 0 Å². The summed E-state index contributed by atoms with van der Waals surface area (Å²) in [5, 5.41) is 21.4. The number of hydrogen-bond acceptors (Lipinski definition) is 7. The number of methoxy groups -OCH3 is 3. The zero-order valence-corrected chi connectivity index (χ0v) is 18.8. The molecule has 174 valence electrons. The minimum absolute atomic E-state index is 0.0456. The Bertz CT molecular complexity index is 1300. The average molecular weight is 461 g/mol. The second-order valence-corrected chi connectivity index (χ2v) is 7.53. The van der Waals surface area contributed by atoms with Crippen molar-refractivity contribution in [2.45, 2.75) is 6.04 Å². The molecule has 0 aromatic heterocycles. The van der Waals surface area contributed by atoms with E-state index in [4.69, 9.17) is 14.2 Å². The summed E-state index contributed by atoms with van der Waals surface area (Å²) in [7, 11) is 4.42. The Morgan fingerprint density at radius 1 is 0.853 bits per heavy atom. The molecule has 4 rings (SSSR count). The molecule has 1 amide bonds. The van der Waals surface area contributed by atoms with Crippen LogP contribution in [0.15, 0.2) is 72.3 Å². The standard InChI is InChI=1S/C26H23NO7/c1-32-18-9-5-7-16(13-18)27-23(15-6-4-8-17(28)12-15)22(25(30)26(27)31)24(29)20-11-10-19(33-2)14-21(20)34-3/h4-14,23,28-29H,1-3H3/b24-22-. The van der Waals surface area contributed by atoms with Gasteiger partial charge in [-0.05, 0) is 42.0 Å². The van der Waals surface area contributed by atoms with Crippen molar-refractivity contribution in [2.75, 3.05) is 26.2 Å². The third kappa shape index (κ3) is 3.90. The fraction of sp³-hybridized carbons (Fsp3) is 0.154. The van der Waals surface area contributed by atoms with E-state index in [1.54, 1.807) is 54.6 Å². The highest BCUT2D eigenvalue weighted by Gasteiger charge is 2.47. The van der Waals surface area contributed by atoms with Crippen molar-refractivity contribution < 1.29 is 34.0 Å². The van der Waals surface area contributed by atoms with Gasteiger partial charge in [-0.2, -0.15) is 0 Å². The van der Waals surface area contributed by atoms with Gasteiger partial charge in [0.25, 0.3) is 11.7 Å². The number of aliphatic hydroxyl groups excluding tert-OH is 1. The summed E-state index contributed by atoms with van der Waals surface area (Å²) >= 11 is 0. The van der Waals surface area contributed by atoms with Crippen LogP contribution in [0.25, 0.3) is 5.76 Å². The highest BCUT2D eigenvalue weighted by Crippen LogP contribution is 2.44. The molecule has 1 heterocycles. The van der Waals surface area contributed by atoms with Gasteiger partial charge in [-0.25, -0.2) is 0 Å². The van der Waals surface area contributed by atoms with Crippen LogP contribution < -0.4 is 19.1 Å². The Hall–Kier alpha value is -4.46. The number of phenols is 1. The fourth-order valence-corrected chi connectivity index (χ4v) is 4.01. The van der Waals surface area contributed by atoms with Crippen LogP contribution in [0, 0.1) is 0 Å². The van der Waals surface area contributed by atoms with E-state index in [0.29, 0.717) is 22.7 Å². The molecule has 1 aliphatic heterocycles. The van der Waals surface area contributed by atoms with Gasteiger partial charge in [0.2, 0.25) is 0 Å². The number of carbonyl (C=O) groups is 2. The first-order valence-corrected chi connectivity index (χ1v) is 10.4. The third-order valence-corrected chi connectivity index (χ3v) is 5.63. The van der Waals surface area contributed by atoms with E-state index in [1.165, 1.54) is 38.4 Å². The smallest absolute Gasteiger partial charge is 0.300 e. The quantitative estimate of drug-likeness (QED) is 0.324. The second-order valence-electron chi connectivity index (χ2n) is 7.53. The van der Waals surface area contributed by atoms with E-state index >= 15 is 0 Å². The maximum atomic E-state index is 13.3. The van der Waals surface area contributed by atoms with Crippen molar-refractivity contribution in [3.63, 3.8) is 0 Å². The first-order valence-electron chi connectivity index (χ1n) is 10.4. The Morgan fingerprint density at radius 3 is 2.24 bits per heavy atom. The average Bonchev–Trinajstić information content (AvgIpc) is 3.13. The second kappa shape index (κ2) is 9.19. The van der Waals surface area contributed by atoms with Gasteiger partial charge in [-0.1, -0.05) is 18.2 Å². The molecule has 0 saturated carbocycles. The first kappa shape index (κ1) is 22.7. The van der Waals surface area contributed by atoms with Crippen LogP contribution in [0.2, 0.25) is 0 Å². The van der Waals surface area contributed by atoms with Crippen molar-refractivity contribution in [1.29, 1.82) is 0 Å². The van der Waals surface area contributed by atoms with Gasteiger partial charge in [0.1, 0.15) is 28.8 Å². The van der Waals surface area contributed by atoms with Gasteiger partial charge in [0.15, 0.2) is 0 Å². The Morgan fingerprint density at radius 2 is 1.56 bits per heavy atom. The number of aromatic hydroxyl groups is 1. The van der Waals surface area contributed by atoms with Crippen molar-refractivity contribution in [3.8, 4) is 23.0 Å². The normalized spacial score (nSPS) is 17.0. The predicted molar refractivity (Wildman–Crippen MR) is 125 cm³/mol. The van der Waals surface area contributed by atoms with Crippen LogP contribution in [-0.2, 0) is 9.59 Å². The molecule has 1 atom stereocenters. The molecule has 8 heteroatoms. The Balaban J connectivity index is 1.97. The molecule has 34 heavy (non-hydrogen) atoms. The predicted octanol–water partition coefficient (Wildman–Crippen LogP) is 4.04. The molecule has 2 N–H and O–H groups in total. The van der Waals surface area contributed by atoms with E-state index in [1.807, 2.05) is 0 Å². The molecule has 0 bridgehead atoms. The van der Waals surface area contributed by atoms with Gasteiger partial charge in [-0.15, -0.1) is 0 Å². The lowest BCUT2D eigenvalue weighted by Crippen LogP contribution is -2.29. The molecular weight excluding hydrogens is 438 g/mol. The zero-order valence-electron chi connectivity index (χ0n) is 18.8. The summed E-state index contributed by atoms with van der Waals surface area (Å²) < 4.78 is 15.9. The van der Waals surface area contributed by atoms with E-state index < -0.39 is 23.5 Å². The van der Waals surface area contributed by atoms with Gasteiger partial charge in [0.05, 0.1) is 38.5 Å². The van der Waals surface area contributed by atoms with E-state index in [2.05, 4.69) is 0 Å². The molecule has 1 fully saturated rings. The van der Waals surface area contributed by atoms with Gasteiger partial charge in [-0.3, -0.25) is 14.5 Å². The largest absolute Gasteiger partial charge is 0.508 e. The van der Waals surface area contributed by atoms with Crippen LogP contribution in [-0.4, -0.2) is 43.2 Å². The third-order valence-electron chi connectivity index (χ3n) is 5.63. The molecule has 0 aliphatic carbocycles. The number of nitrogens with zero attached hydrogens (tertiary/aromatic N) is 1. The van der Waals surface area contributed by atoms with Crippen molar-refractivity contribution in [2.24, 2.45) is 0 Å². The molecule has 3 aromatic rings. The van der Waals surface area contributed by atoms with Crippen LogP contribution in [0.1, 0.15) is 17.2 Å². The molecule has 1 aliphatic rings. The SMILES string of the molecule is COc1cccc(N2C(=O)C(=O)/C(=C(\O)c3ccc(OC)cc3OC)C2c2cccc(O)c2)c1. The summed E-state index contributed by atoms with van der Waals surface area (Å²) in [5.41, 5.74) is 0.922. The summed E-state index contributed by atoms with van der Waals surface area (Å²) in [6, 6.07) is 16.6. The maximum absolute atomic E-state index is 13.3. The molecule has 0 spiro atoms. The zero-order chi connectivity index (χ0) is 24.4. The summed E-state index contributed by atoms with van der Waals surface area (Å²) in [5.74, 6) is -0.894. The number of anilines is 1. The first-order chi connectivity index (χ1) is 16.4. The number of carbonyl (C=O) groups excluding carboxylic acids is 2. The summed E-state index contributed by atoms with van der Waals surface area (Å²) in [6.07, 6.45) is 0. The lowest BCUT2D eigenvalue weighted by Gasteiger charge is -2.26. The molecule has 1 saturated heterocycles. The highest BCUT2D eigenvalue weighted by atomic mass is 16.5. The molecule has 0 radical (unpaired) electrons. The van der Waals surface area contributed by atoms with Gasteiger partial charge in [0, 0.05) is 17.8 Å². The molecule has 3 aromatic carbocycles. The number of benzene rings is 3. The van der Waals surface area contributed by atoms with Gasteiger partial charge < -0.3 is 24.4 Å². The number of aliphatic hydroxyl groups is 1. The maximum Gasteiger partial charge on any atom is 0.300 e. The monoisotopic (exact) mass is 461 g/mol. The van der Waals surface area contributed by atoms with Crippen LogP contribution in [0.4, 0.5) is 5.69 Å². The van der Waals surface area contributed by atoms with Crippen molar-refractivity contribution in [3.05, 3.63) is 83.4 Å². The summed E-state index contributed by atoms with van der Waals surface area (Å²) in [6.45, 7) is 0. The lowest BCUT2D eigenvalue weighted by atomic mass is 9.94. The number of Topliss-reactive ketones (excluding diaryl/α,β-unsaturated/α-hetero) is 1.